The highest BCUT2D eigenvalue weighted by molar-refractivity contribution is 7.89. The van der Waals surface area contributed by atoms with E-state index in [2.05, 4.69) is 5.32 Å². The van der Waals surface area contributed by atoms with Gasteiger partial charge in [-0.3, -0.25) is 0 Å². The van der Waals surface area contributed by atoms with Gasteiger partial charge in [-0.05, 0) is 56.7 Å². The zero-order valence-corrected chi connectivity index (χ0v) is 15.9. The van der Waals surface area contributed by atoms with Crippen molar-refractivity contribution in [2.45, 2.75) is 44.0 Å². The first kappa shape index (κ1) is 21.0. The van der Waals surface area contributed by atoms with Crippen LogP contribution in [0.2, 0.25) is 0 Å². The first-order valence-electron chi connectivity index (χ1n) is 8.15. The molecule has 0 saturated carbocycles. The Hall–Kier alpha value is -2.26. The van der Waals surface area contributed by atoms with Crippen LogP contribution < -0.4 is 15.2 Å². The van der Waals surface area contributed by atoms with Gasteiger partial charge in [-0.1, -0.05) is 12.1 Å². The van der Waals surface area contributed by atoms with Crippen molar-refractivity contribution in [3.8, 4) is 5.75 Å². The minimum absolute atomic E-state index is 0.0360. The number of rotatable bonds is 6. The number of nitrogens with one attached hydrogen (secondary N) is 1. The van der Waals surface area contributed by atoms with Crippen LogP contribution in [0, 0.1) is 0 Å². The molecular weight excluding hydrogens is 381 g/mol. The van der Waals surface area contributed by atoms with Gasteiger partial charge in [0.25, 0.3) is 0 Å². The summed E-state index contributed by atoms with van der Waals surface area (Å²) in [6, 6.07) is 9.16. The Morgan fingerprint density at radius 1 is 1.07 bits per heavy atom. The molecule has 0 fully saturated rings. The van der Waals surface area contributed by atoms with Gasteiger partial charge in [0.15, 0.2) is 0 Å². The number of halogens is 3. The Balaban J connectivity index is 2.36. The van der Waals surface area contributed by atoms with Crippen molar-refractivity contribution in [2.75, 3.05) is 5.32 Å². The Bertz CT molecular complexity index is 912. The topological polar surface area (TPSA) is 81.4 Å². The van der Waals surface area contributed by atoms with Crippen LogP contribution in [0.25, 0.3) is 0 Å². The summed E-state index contributed by atoms with van der Waals surface area (Å²) in [5.74, 6) is 0.608. The van der Waals surface area contributed by atoms with Gasteiger partial charge in [-0.25, -0.2) is 13.6 Å². The summed E-state index contributed by atoms with van der Waals surface area (Å²) in [4.78, 5) is -0.597. The summed E-state index contributed by atoms with van der Waals surface area (Å²) in [6.07, 6.45) is -4.78. The second kappa shape index (κ2) is 7.77. The third-order valence-electron chi connectivity index (χ3n) is 3.73. The highest BCUT2D eigenvalue weighted by atomic mass is 32.2. The monoisotopic (exact) mass is 402 g/mol. The molecular formula is C18H21F3N2O3S. The number of benzene rings is 2. The first-order valence-corrected chi connectivity index (χ1v) is 9.70. The molecule has 148 valence electrons. The second-order valence-corrected chi connectivity index (χ2v) is 7.92. The average Bonchev–Trinajstić information content (AvgIpc) is 2.52. The average molecular weight is 402 g/mol. The summed E-state index contributed by atoms with van der Waals surface area (Å²) >= 11 is 0. The Morgan fingerprint density at radius 2 is 1.74 bits per heavy atom. The van der Waals surface area contributed by atoms with E-state index in [4.69, 9.17) is 9.88 Å². The fraction of sp³-hybridized carbons (Fsp3) is 0.333. The molecule has 0 saturated heterocycles. The fourth-order valence-corrected chi connectivity index (χ4v) is 3.05. The smallest absolute Gasteiger partial charge is 0.418 e. The summed E-state index contributed by atoms with van der Waals surface area (Å²) in [6.45, 7) is 5.44. The Labute approximate surface area is 156 Å². The van der Waals surface area contributed by atoms with Gasteiger partial charge >= 0.3 is 6.18 Å². The van der Waals surface area contributed by atoms with E-state index in [0.717, 1.165) is 17.7 Å². The highest BCUT2D eigenvalue weighted by Crippen LogP contribution is 2.37. The second-order valence-electron chi connectivity index (χ2n) is 6.36. The van der Waals surface area contributed by atoms with Crippen LogP contribution in [-0.4, -0.2) is 14.5 Å². The lowest BCUT2D eigenvalue weighted by molar-refractivity contribution is -0.137. The number of ether oxygens (including phenoxy) is 1. The molecule has 0 radical (unpaired) electrons. The maximum Gasteiger partial charge on any atom is 0.418 e. The maximum absolute atomic E-state index is 13.4. The molecule has 3 N–H and O–H groups in total. The number of primary sulfonamides is 1. The minimum atomic E-state index is -4.74. The molecule has 0 aromatic heterocycles. The molecule has 0 heterocycles. The van der Waals surface area contributed by atoms with Gasteiger partial charge in [0.2, 0.25) is 10.0 Å². The molecule has 0 aliphatic carbocycles. The number of nitrogens with two attached hydrogens (primary N) is 1. The molecule has 27 heavy (non-hydrogen) atoms. The first-order chi connectivity index (χ1) is 12.4. The molecule has 1 unspecified atom stereocenters. The van der Waals surface area contributed by atoms with Crippen LogP contribution in [0.15, 0.2) is 47.4 Å². The highest BCUT2D eigenvalue weighted by Gasteiger charge is 2.35. The molecule has 0 aliphatic rings. The van der Waals surface area contributed by atoms with Gasteiger partial charge in [-0.2, -0.15) is 13.2 Å². The van der Waals surface area contributed by atoms with Crippen molar-refractivity contribution < 1.29 is 26.3 Å². The Kier molecular flexibility index (Phi) is 6.06. The van der Waals surface area contributed by atoms with E-state index in [0.29, 0.717) is 11.8 Å². The number of hydrogen-bond donors (Lipinski definition) is 2. The van der Waals surface area contributed by atoms with Crippen LogP contribution in [0.1, 0.15) is 37.9 Å². The molecule has 0 spiro atoms. The minimum Gasteiger partial charge on any atom is -0.491 e. The standard InChI is InChI=1S/C18H21F3N2O3S/c1-11(2)26-14-6-4-5-13(9-14)12(3)23-17-8-7-15(27(22,24)25)10-16(17)18(19,20)21/h4-12,23H,1-3H3,(H2,22,24,25). The van der Waals surface area contributed by atoms with Crippen LogP contribution in [0.5, 0.6) is 5.75 Å². The molecule has 2 rings (SSSR count). The van der Waals surface area contributed by atoms with Gasteiger partial charge in [0, 0.05) is 11.7 Å². The van der Waals surface area contributed by atoms with Crippen molar-refractivity contribution in [2.24, 2.45) is 5.14 Å². The van der Waals surface area contributed by atoms with E-state index in [9.17, 15) is 21.6 Å². The molecule has 9 heteroatoms. The van der Waals surface area contributed by atoms with Crippen molar-refractivity contribution in [3.63, 3.8) is 0 Å². The van der Waals surface area contributed by atoms with Gasteiger partial charge in [-0.15, -0.1) is 0 Å². The molecule has 2 aromatic carbocycles. The third-order valence-corrected chi connectivity index (χ3v) is 4.64. The van der Waals surface area contributed by atoms with E-state index in [1.54, 1.807) is 31.2 Å². The van der Waals surface area contributed by atoms with Crippen LogP contribution in [-0.2, 0) is 16.2 Å². The zero-order chi connectivity index (χ0) is 20.4. The van der Waals surface area contributed by atoms with Crippen molar-refractivity contribution in [1.29, 1.82) is 0 Å². The normalized spacial score (nSPS) is 13.5. The van der Waals surface area contributed by atoms with Gasteiger partial charge in [0.1, 0.15) is 5.75 Å². The molecule has 1 atom stereocenters. The zero-order valence-electron chi connectivity index (χ0n) is 15.0. The number of sulfonamides is 1. The fourth-order valence-electron chi connectivity index (χ4n) is 2.51. The summed E-state index contributed by atoms with van der Waals surface area (Å²) < 4.78 is 68.5. The quantitative estimate of drug-likeness (QED) is 0.754. The summed E-state index contributed by atoms with van der Waals surface area (Å²) in [7, 11) is -4.24. The predicted molar refractivity (Wildman–Crippen MR) is 97.1 cm³/mol. The molecule has 5 nitrogen and oxygen atoms in total. The predicted octanol–water partition coefficient (Wildman–Crippen LogP) is 4.31. The van der Waals surface area contributed by atoms with Gasteiger partial charge in [0.05, 0.1) is 16.6 Å². The lowest BCUT2D eigenvalue weighted by atomic mass is 10.1. The van der Waals surface area contributed by atoms with E-state index >= 15 is 0 Å². The third kappa shape index (κ3) is 5.61. The number of alkyl halides is 3. The van der Waals surface area contributed by atoms with E-state index in [1.807, 2.05) is 13.8 Å². The molecule has 0 amide bonds. The molecule has 0 aliphatic heterocycles. The lowest BCUT2D eigenvalue weighted by Gasteiger charge is -2.21. The number of anilines is 1. The molecule has 0 bridgehead atoms. The van der Waals surface area contributed by atoms with E-state index in [-0.39, 0.29) is 11.8 Å². The maximum atomic E-state index is 13.4. The van der Waals surface area contributed by atoms with Gasteiger partial charge < -0.3 is 10.1 Å². The molecule has 2 aromatic rings. The summed E-state index contributed by atoms with van der Waals surface area (Å²) in [5.41, 5.74) is -0.621. The van der Waals surface area contributed by atoms with E-state index in [1.165, 1.54) is 0 Å². The Morgan fingerprint density at radius 3 is 2.30 bits per heavy atom. The van der Waals surface area contributed by atoms with Crippen LogP contribution >= 0.6 is 0 Å². The summed E-state index contributed by atoms with van der Waals surface area (Å²) in [5, 5.41) is 7.72. The largest absolute Gasteiger partial charge is 0.491 e. The van der Waals surface area contributed by atoms with Crippen molar-refractivity contribution in [1.82, 2.24) is 0 Å². The van der Waals surface area contributed by atoms with E-state index < -0.39 is 32.7 Å². The number of hydrogen-bond acceptors (Lipinski definition) is 4. The van der Waals surface area contributed by atoms with Crippen LogP contribution in [0.3, 0.4) is 0 Å². The van der Waals surface area contributed by atoms with Crippen LogP contribution in [0.4, 0.5) is 18.9 Å². The van der Waals surface area contributed by atoms with Crippen molar-refractivity contribution >= 4 is 15.7 Å². The van der Waals surface area contributed by atoms with Crippen molar-refractivity contribution in [3.05, 3.63) is 53.6 Å². The SMILES string of the molecule is CC(C)Oc1cccc(C(C)Nc2ccc(S(N)(=O)=O)cc2C(F)(F)F)c1. The lowest BCUT2D eigenvalue weighted by Crippen LogP contribution is -2.17.